The first-order chi connectivity index (χ1) is 44.3. The summed E-state index contributed by atoms with van der Waals surface area (Å²) in [5.74, 6) is 1.86. The summed E-state index contributed by atoms with van der Waals surface area (Å²) in [5.41, 5.74) is 13.6. The minimum absolute atomic E-state index is 0.00285. The van der Waals surface area contributed by atoms with Crippen molar-refractivity contribution in [2.75, 3.05) is 36.2 Å². The molecule has 0 aliphatic rings. The molecule has 0 bridgehead atoms. The quantitative estimate of drug-likeness (QED) is 0.0178. The van der Waals surface area contributed by atoms with E-state index in [1.54, 1.807) is 12.1 Å². The molecule has 0 aromatic heterocycles. The maximum Gasteiger partial charge on any atom is 0.258 e. The molecule has 0 aliphatic carbocycles. The second-order valence-electron chi connectivity index (χ2n) is 25.9. The van der Waals surface area contributed by atoms with Gasteiger partial charge in [0.2, 0.25) is 11.8 Å². The van der Waals surface area contributed by atoms with E-state index in [1.165, 1.54) is 122 Å². The topological polar surface area (TPSA) is 47.9 Å². The van der Waals surface area contributed by atoms with Gasteiger partial charge < -0.3 is 19.0 Å². The number of hydrogen-bond acceptors (Lipinski definition) is 6. The van der Waals surface area contributed by atoms with Crippen molar-refractivity contribution < 1.29 is 36.6 Å². The monoisotopic (exact) mass is 1320 g/mol. The van der Waals surface area contributed by atoms with Gasteiger partial charge in [0, 0.05) is 12.8 Å². The normalized spacial score (nSPS) is 12.6. The Morgan fingerprint density at radius 3 is 0.989 bits per heavy atom. The minimum Gasteiger partial charge on any atom is -0.543 e. The van der Waals surface area contributed by atoms with Gasteiger partial charge in [-0.2, -0.15) is 23.5 Å². The Bertz CT molecular complexity index is 2950. The van der Waals surface area contributed by atoms with Crippen LogP contribution < -0.4 is 13.9 Å². The maximum absolute atomic E-state index is 12.9. The predicted octanol–water partition coefficient (Wildman–Crippen LogP) is 25.9. The van der Waals surface area contributed by atoms with E-state index in [4.69, 9.17) is 13.9 Å². The predicted molar refractivity (Wildman–Crippen MR) is 394 cm³/mol. The van der Waals surface area contributed by atoms with Gasteiger partial charge in [-0.1, -0.05) is 229 Å². The highest BCUT2D eigenvalue weighted by molar-refractivity contribution is 7.99. The zero-order valence-corrected chi connectivity index (χ0v) is 60.3. The molecule has 0 spiro atoms. The summed E-state index contributed by atoms with van der Waals surface area (Å²) in [4.78, 5) is 0. The molecule has 0 saturated carbocycles. The highest BCUT2D eigenvalue weighted by Crippen LogP contribution is 2.44. The smallest absolute Gasteiger partial charge is 0.258 e. The van der Waals surface area contributed by atoms with E-state index in [2.05, 4.69) is 183 Å². The number of rotatable bonds is 43. The number of hydrogen-bond donors (Lipinski definition) is 1. The van der Waals surface area contributed by atoms with E-state index >= 15 is 0 Å². The Balaban J connectivity index is 0.000000342. The van der Waals surface area contributed by atoms with Crippen LogP contribution in [0.1, 0.15) is 231 Å². The Kier molecular flexibility index (Phi) is 35.4. The SMILES string of the molecule is CC/C(=C(/c1ccc(OCCCCCCCCCSCCCC(C)(F)F)cc1)c1ccc(O[Si](C(C)C)(C(C)C)C(C)C)cc1)c1ccccc1.CC/C(=C(\c1ccc(O)cc1)c1ccc(OCCCCCCCCCSCCCC(C)(F)F)cc1)c1ccccc1. The third-order valence-electron chi connectivity index (χ3n) is 17.4. The van der Waals surface area contributed by atoms with Crippen molar-refractivity contribution in [3.05, 3.63) is 191 Å². The standard InChI is InChI=1S/C45H66F2O2SSi.C36H46F2O2S/c1-9-43(38-21-16-15-17-22-38)44(40-25-29-42(30-26-40)49-51(35(2)3,36(4)5)37(6)7)39-23-27-41(28-24-39)48-32-18-13-11-10-12-14-19-33-50-34-20-31-45(8,46)47;1-3-34(29-15-10-9-11-16-29)35(30-17-21-32(39)22-18-30)31-19-23-33(24-20-31)40-26-12-7-5-4-6-8-13-27-41-28-14-25-36(2,37)38/h15-17,21-30,35-37H,9-14,18-20,31-34H2,1-8H3;9-11,15-24,39H,3-8,12-14,25-28H2,1-2H3/b44-43+;35-34-. The largest absolute Gasteiger partial charge is 0.543 e. The first-order valence-corrected chi connectivity index (χ1v) is 39.2. The first-order valence-electron chi connectivity index (χ1n) is 34.8. The third kappa shape index (κ3) is 27.9. The summed E-state index contributed by atoms with van der Waals surface area (Å²) in [6, 6.07) is 54.5. The molecule has 0 heterocycles. The molecule has 0 aliphatic heterocycles. The van der Waals surface area contributed by atoms with Crippen molar-refractivity contribution >= 4 is 54.1 Å². The van der Waals surface area contributed by atoms with Gasteiger partial charge in [0.1, 0.15) is 23.0 Å². The lowest BCUT2D eigenvalue weighted by Crippen LogP contribution is -2.50. The summed E-state index contributed by atoms with van der Waals surface area (Å²) >= 11 is 3.63. The zero-order chi connectivity index (χ0) is 66.6. The fraction of sp³-hybridized carbons (Fsp3) is 0.506. The zero-order valence-electron chi connectivity index (χ0n) is 57.6. The summed E-state index contributed by atoms with van der Waals surface area (Å²) in [6.45, 7) is 21.9. The van der Waals surface area contributed by atoms with Crippen molar-refractivity contribution in [3.8, 4) is 23.0 Å². The van der Waals surface area contributed by atoms with Crippen LogP contribution in [0, 0.1) is 0 Å². The molecule has 0 atom stereocenters. The Hall–Kier alpha value is -5.36. The highest BCUT2D eigenvalue weighted by atomic mass is 32.2. The minimum atomic E-state index is -2.52. The van der Waals surface area contributed by atoms with Crippen LogP contribution in [0.4, 0.5) is 17.6 Å². The van der Waals surface area contributed by atoms with Crippen LogP contribution in [0.25, 0.3) is 22.3 Å². The molecule has 6 aromatic carbocycles. The van der Waals surface area contributed by atoms with E-state index in [0.29, 0.717) is 29.5 Å². The maximum atomic E-state index is 12.9. The first kappa shape index (κ1) is 77.3. The van der Waals surface area contributed by atoms with E-state index in [0.717, 1.165) is 104 Å². The highest BCUT2D eigenvalue weighted by Gasteiger charge is 2.47. The lowest BCUT2D eigenvalue weighted by Gasteiger charge is -2.42. The van der Waals surface area contributed by atoms with Crippen LogP contribution in [-0.4, -0.2) is 61.5 Å². The third-order valence-corrected chi connectivity index (χ3v) is 25.7. The molecule has 0 saturated heterocycles. The summed E-state index contributed by atoms with van der Waals surface area (Å²) in [7, 11) is -2.04. The van der Waals surface area contributed by atoms with Crippen molar-refractivity contribution in [2.24, 2.45) is 0 Å². The molecule has 4 nitrogen and oxygen atoms in total. The van der Waals surface area contributed by atoms with Crippen LogP contribution >= 0.6 is 23.5 Å². The van der Waals surface area contributed by atoms with Crippen LogP contribution in [-0.2, 0) is 0 Å². The Morgan fingerprint density at radius 1 is 0.380 bits per heavy atom. The number of thioether (sulfide) groups is 2. The number of phenols is 1. The number of alkyl halides is 4. The number of phenolic OH excluding ortho intramolecular Hbond substituents is 1. The molecule has 0 radical (unpaired) electrons. The van der Waals surface area contributed by atoms with Crippen LogP contribution in [0.5, 0.6) is 23.0 Å². The second kappa shape index (κ2) is 42.2. The number of ether oxygens (including phenoxy) is 2. The fourth-order valence-electron chi connectivity index (χ4n) is 12.6. The molecule has 0 unspecified atom stereocenters. The van der Waals surface area contributed by atoms with Gasteiger partial charge in [0.15, 0.2) is 0 Å². The van der Waals surface area contributed by atoms with Gasteiger partial charge in [-0.3, -0.25) is 0 Å². The van der Waals surface area contributed by atoms with Crippen LogP contribution in [0.3, 0.4) is 0 Å². The molecule has 6 rings (SSSR count). The van der Waals surface area contributed by atoms with E-state index < -0.39 is 20.2 Å². The number of aromatic hydroxyl groups is 1. The summed E-state index contributed by atoms with van der Waals surface area (Å²) < 4.78 is 70.6. The van der Waals surface area contributed by atoms with Crippen LogP contribution in [0.2, 0.25) is 16.6 Å². The van der Waals surface area contributed by atoms with Crippen molar-refractivity contribution in [1.82, 2.24) is 0 Å². The average molecular weight is 1320 g/mol. The van der Waals surface area contributed by atoms with Crippen LogP contribution in [0.15, 0.2) is 158 Å². The molecule has 11 heteroatoms. The van der Waals surface area contributed by atoms with Gasteiger partial charge in [-0.25, -0.2) is 17.6 Å². The van der Waals surface area contributed by atoms with E-state index in [9.17, 15) is 22.7 Å². The molecular formula is C81H112F4O4S2Si. The van der Waals surface area contributed by atoms with Crippen molar-refractivity contribution in [2.45, 2.75) is 226 Å². The molecule has 504 valence electrons. The molecular weight excluding hydrogens is 1210 g/mol. The van der Waals surface area contributed by atoms with Gasteiger partial charge in [-0.15, -0.1) is 0 Å². The van der Waals surface area contributed by atoms with Gasteiger partial charge in [0.05, 0.1) is 13.2 Å². The Labute approximate surface area is 563 Å². The number of halogens is 4. The molecule has 6 aromatic rings. The van der Waals surface area contributed by atoms with Crippen molar-refractivity contribution in [3.63, 3.8) is 0 Å². The average Bonchev–Trinajstić information content (AvgIpc) is 0.844. The van der Waals surface area contributed by atoms with E-state index in [1.807, 2.05) is 41.7 Å². The lowest BCUT2D eigenvalue weighted by atomic mass is 9.88. The number of unbranched alkanes of at least 4 members (excludes halogenated alkanes) is 12. The van der Waals surface area contributed by atoms with Crippen molar-refractivity contribution in [1.29, 1.82) is 0 Å². The second-order valence-corrected chi connectivity index (χ2v) is 33.7. The molecule has 92 heavy (non-hydrogen) atoms. The number of allylic oxidation sites excluding steroid dienone is 2. The molecule has 0 amide bonds. The summed E-state index contributed by atoms with van der Waals surface area (Å²) in [6.07, 6.45) is 19.7. The van der Waals surface area contributed by atoms with Gasteiger partial charge >= 0.3 is 0 Å². The van der Waals surface area contributed by atoms with Gasteiger partial charge in [-0.05, 0) is 209 Å². The van der Waals surface area contributed by atoms with E-state index in [-0.39, 0.29) is 18.6 Å². The molecule has 0 fully saturated rings. The lowest BCUT2D eigenvalue weighted by molar-refractivity contribution is 0.0118. The fourth-order valence-corrected chi connectivity index (χ4v) is 19.8. The number of benzene rings is 6. The van der Waals surface area contributed by atoms with Gasteiger partial charge in [0.25, 0.3) is 8.32 Å². The Morgan fingerprint density at radius 2 is 0.674 bits per heavy atom. The molecule has 1 N–H and O–H groups in total. The summed E-state index contributed by atoms with van der Waals surface area (Å²) in [5, 5.41) is 9.84.